The Morgan fingerprint density at radius 2 is 2.09 bits per heavy atom. The molecule has 0 radical (unpaired) electrons. The van der Waals surface area contributed by atoms with E-state index in [1.54, 1.807) is 0 Å². The Morgan fingerprint density at radius 3 is 2.64 bits per heavy atom. The van der Waals surface area contributed by atoms with Crippen molar-refractivity contribution in [3.8, 4) is 0 Å². The topological polar surface area (TPSA) is 0 Å². The molecule has 1 fully saturated rings. The Kier molecular flexibility index (Phi) is 3.41. The average molecular weight is 150 g/mol. The van der Waals surface area contributed by atoms with Crippen LogP contribution in [0, 0.1) is 5.92 Å². The number of hydrogen-bond acceptors (Lipinski definition) is 0. The Labute approximate surface area is 70.0 Å². The molecule has 0 heterocycles. The highest BCUT2D eigenvalue weighted by atomic mass is 14.2. The Hall–Kier alpha value is -0.520. The summed E-state index contributed by atoms with van der Waals surface area (Å²) in [6.07, 6.45) is 11.1. The van der Waals surface area contributed by atoms with Crippen LogP contribution in [0.15, 0.2) is 24.3 Å². The van der Waals surface area contributed by atoms with Crippen molar-refractivity contribution >= 4 is 0 Å². The summed E-state index contributed by atoms with van der Waals surface area (Å²) in [6, 6.07) is 0. The van der Waals surface area contributed by atoms with E-state index in [1.165, 1.54) is 37.7 Å². The molecular formula is C11H18. The summed E-state index contributed by atoms with van der Waals surface area (Å²) >= 11 is 0. The zero-order valence-corrected chi connectivity index (χ0v) is 7.47. The van der Waals surface area contributed by atoms with Gasteiger partial charge in [-0.25, -0.2) is 0 Å². The molecular weight excluding hydrogens is 132 g/mol. The summed E-state index contributed by atoms with van der Waals surface area (Å²) < 4.78 is 0. The van der Waals surface area contributed by atoms with E-state index in [0.717, 1.165) is 5.92 Å². The maximum Gasteiger partial charge on any atom is -0.0291 e. The predicted molar refractivity (Wildman–Crippen MR) is 50.5 cm³/mol. The molecule has 0 aromatic rings. The van der Waals surface area contributed by atoms with Gasteiger partial charge in [0.25, 0.3) is 0 Å². The minimum absolute atomic E-state index is 0.978. The van der Waals surface area contributed by atoms with Crippen molar-refractivity contribution in [3.63, 3.8) is 0 Å². The molecule has 1 aliphatic rings. The van der Waals surface area contributed by atoms with E-state index in [4.69, 9.17) is 0 Å². The molecule has 0 N–H and O–H groups in total. The predicted octanol–water partition coefficient (Wildman–Crippen LogP) is 3.70. The van der Waals surface area contributed by atoms with E-state index in [1.807, 2.05) is 6.08 Å². The molecule has 0 unspecified atom stereocenters. The molecule has 0 aromatic carbocycles. The molecule has 0 bridgehead atoms. The fourth-order valence-corrected chi connectivity index (χ4v) is 1.94. The first-order valence-electron chi connectivity index (χ1n) is 4.61. The Balaban J connectivity index is 2.28. The minimum Gasteiger partial charge on any atom is -0.0991 e. The number of allylic oxidation sites excluding steroid dienone is 3. The van der Waals surface area contributed by atoms with Gasteiger partial charge in [0.05, 0.1) is 0 Å². The largest absolute Gasteiger partial charge is 0.0991 e. The van der Waals surface area contributed by atoms with Crippen molar-refractivity contribution in [2.45, 2.75) is 39.0 Å². The zero-order chi connectivity index (χ0) is 8.10. The van der Waals surface area contributed by atoms with E-state index >= 15 is 0 Å². The van der Waals surface area contributed by atoms with Crippen molar-refractivity contribution in [1.29, 1.82) is 0 Å². The van der Waals surface area contributed by atoms with Crippen molar-refractivity contribution in [2.24, 2.45) is 5.92 Å². The smallest absolute Gasteiger partial charge is 0.0291 e. The maximum atomic E-state index is 3.70. The van der Waals surface area contributed by atoms with Gasteiger partial charge < -0.3 is 0 Å². The van der Waals surface area contributed by atoms with Gasteiger partial charge in [0.2, 0.25) is 0 Å². The van der Waals surface area contributed by atoms with E-state index in [-0.39, 0.29) is 0 Å². The van der Waals surface area contributed by atoms with Crippen LogP contribution in [-0.4, -0.2) is 0 Å². The molecule has 0 heteroatoms. The second-order valence-electron chi connectivity index (χ2n) is 3.60. The summed E-state index contributed by atoms with van der Waals surface area (Å²) in [4.78, 5) is 0. The molecule has 0 saturated heterocycles. The van der Waals surface area contributed by atoms with E-state index < -0.39 is 0 Å². The molecule has 0 atom stereocenters. The van der Waals surface area contributed by atoms with Crippen LogP contribution in [0.4, 0.5) is 0 Å². The lowest BCUT2D eigenvalue weighted by Crippen LogP contribution is -1.92. The van der Waals surface area contributed by atoms with Crippen LogP contribution in [0.25, 0.3) is 0 Å². The summed E-state index contributed by atoms with van der Waals surface area (Å²) in [7, 11) is 0. The molecule has 0 aliphatic heterocycles. The van der Waals surface area contributed by atoms with Crippen molar-refractivity contribution in [1.82, 2.24) is 0 Å². The van der Waals surface area contributed by atoms with Crippen LogP contribution in [0.1, 0.15) is 39.0 Å². The first-order valence-corrected chi connectivity index (χ1v) is 4.61. The summed E-state index contributed by atoms with van der Waals surface area (Å²) in [5, 5.41) is 0. The molecule has 1 rings (SSSR count). The first kappa shape index (κ1) is 8.58. The fourth-order valence-electron chi connectivity index (χ4n) is 1.94. The molecule has 1 saturated carbocycles. The van der Waals surface area contributed by atoms with Crippen molar-refractivity contribution in [2.75, 3.05) is 0 Å². The highest BCUT2D eigenvalue weighted by Crippen LogP contribution is 2.29. The van der Waals surface area contributed by atoms with Crippen molar-refractivity contribution < 1.29 is 0 Å². The monoisotopic (exact) mass is 150 g/mol. The average Bonchev–Trinajstić information content (AvgIpc) is 2.40. The molecule has 1 aliphatic carbocycles. The summed E-state index contributed by atoms with van der Waals surface area (Å²) in [5.41, 5.74) is 1.49. The highest BCUT2D eigenvalue weighted by molar-refractivity contribution is 5.08. The normalized spacial score (nSPS) is 20.6. The van der Waals surface area contributed by atoms with Gasteiger partial charge in [-0.05, 0) is 19.3 Å². The molecule has 0 amide bonds. The van der Waals surface area contributed by atoms with E-state index in [9.17, 15) is 0 Å². The standard InChI is InChI=1S/C11H18/c1-3-6-10(2)9-11-7-4-5-8-11/h3,6,11H,1,4-5,7-9H2,2H3/b10-6-. The fraction of sp³-hybridized carbons (Fsp3) is 0.636. The second kappa shape index (κ2) is 4.38. The van der Waals surface area contributed by atoms with Crippen LogP contribution >= 0.6 is 0 Å². The quantitative estimate of drug-likeness (QED) is 0.538. The summed E-state index contributed by atoms with van der Waals surface area (Å²) in [5.74, 6) is 0.978. The third-order valence-corrected chi connectivity index (χ3v) is 2.49. The Bertz CT molecular complexity index is 147. The highest BCUT2D eigenvalue weighted by Gasteiger charge is 2.14. The van der Waals surface area contributed by atoms with Gasteiger partial charge >= 0.3 is 0 Å². The van der Waals surface area contributed by atoms with Gasteiger partial charge in [-0.3, -0.25) is 0 Å². The number of rotatable bonds is 3. The molecule has 62 valence electrons. The van der Waals surface area contributed by atoms with Gasteiger partial charge in [-0.15, -0.1) is 0 Å². The van der Waals surface area contributed by atoms with Gasteiger partial charge in [0.15, 0.2) is 0 Å². The molecule has 0 aromatic heterocycles. The maximum absolute atomic E-state index is 3.70. The van der Waals surface area contributed by atoms with Gasteiger partial charge in [0, 0.05) is 0 Å². The lowest BCUT2D eigenvalue weighted by molar-refractivity contribution is 0.544. The van der Waals surface area contributed by atoms with E-state index in [2.05, 4.69) is 19.6 Å². The van der Waals surface area contributed by atoms with Crippen LogP contribution in [-0.2, 0) is 0 Å². The zero-order valence-electron chi connectivity index (χ0n) is 7.47. The molecule has 0 spiro atoms. The van der Waals surface area contributed by atoms with Crippen LogP contribution in [0.5, 0.6) is 0 Å². The van der Waals surface area contributed by atoms with Crippen LogP contribution in [0.3, 0.4) is 0 Å². The lowest BCUT2D eigenvalue weighted by atomic mass is 9.99. The van der Waals surface area contributed by atoms with Gasteiger partial charge in [-0.1, -0.05) is 50.0 Å². The minimum atomic E-state index is 0.978. The van der Waals surface area contributed by atoms with Crippen molar-refractivity contribution in [3.05, 3.63) is 24.3 Å². The lowest BCUT2D eigenvalue weighted by Gasteiger charge is -2.07. The van der Waals surface area contributed by atoms with Crippen LogP contribution in [0.2, 0.25) is 0 Å². The first-order chi connectivity index (χ1) is 5.33. The van der Waals surface area contributed by atoms with Crippen LogP contribution < -0.4 is 0 Å². The molecule has 0 nitrogen and oxygen atoms in total. The third kappa shape index (κ3) is 2.92. The second-order valence-corrected chi connectivity index (χ2v) is 3.60. The summed E-state index contributed by atoms with van der Waals surface area (Å²) in [6.45, 7) is 5.91. The molecule has 11 heavy (non-hydrogen) atoms. The van der Waals surface area contributed by atoms with Gasteiger partial charge in [-0.2, -0.15) is 0 Å². The SMILES string of the molecule is C=C/C=C(/C)CC1CCCC1. The van der Waals surface area contributed by atoms with Gasteiger partial charge in [0.1, 0.15) is 0 Å². The van der Waals surface area contributed by atoms with E-state index in [0.29, 0.717) is 0 Å². The third-order valence-electron chi connectivity index (χ3n) is 2.49. The Morgan fingerprint density at radius 1 is 1.45 bits per heavy atom. The number of hydrogen-bond donors (Lipinski definition) is 0.